The number of amides is 1. The lowest BCUT2D eigenvalue weighted by Crippen LogP contribution is -2.48. The number of piperazine rings is 1. The second-order valence-corrected chi connectivity index (χ2v) is 7.53. The highest BCUT2D eigenvalue weighted by Crippen LogP contribution is 2.38. The number of rotatable bonds is 3. The van der Waals surface area contributed by atoms with E-state index in [0.29, 0.717) is 53.9 Å². The summed E-state index contributed by atoms with van der Waals surface area (Å²) in [6, 6.07) is 8.75. The van der Waals surface area contributed by atoms with Crippen molar-refractivity contribution in [2.24, 2.45) is 0 Å². The first-order valence-electron chi connectivity index (χ1n) is 9.57. The Bertz CT molecular complexity index is 1250. The molecule has 1 saturated heterocycles. The van der Waals surface area contributed by atoms with Crippen LogP contribution in [-0.4, -0.2) is 42.0 Å². The molecule has 1 fully saturated rings. The van der Waals surface area contributed by atoms with Gasteiger partial charge in [-0.2, -0.15) is 5.26 Å². The van der Waals surface area contributed by atoms with Crippen molar-refractivity contribution in [1.29, 1.82) is 5.26 Å². The van der Waals surface area contributed by atoms with E-state index in [4.69, 9.17) is 11.6 Å². The third-order valence-corrected chi connectivity index (χ3v) is 5.67. The van der Waals surface area contributed by atoms with Gasteiger partial charge in [0.25, 0.3) is 0 Å². The number of halogens is 3. The predicted molar refractivity (Wildman–Crippen MR) is 116 cm³/mol. The number of carbonyl (C=O) groups is 1. The van der Waals surface area contributed by atoms with Crippen molar-refractivity contribution in [2.45, 2.75) is 0 Å². The Morgan fingerprint density at radius 2 is 1.90 bits per heavy atom. The maximum Gasteiger partial charge on any atom is 0.246 e. The van der Waals surface area contributed by atoms with Crippen molar-refractivity contribution in [3.05, 3.63) is 71.4 Å². The molecule has 2 heterocycles. The number of fused-ring (bicyclic) bond motifs is 1. The van der Waals surface area contributed by atoms with E-state index in [1.54, 1.807) is 17.0 Å². The van der Waals surface area contributed by atoms with Crippen LogP contribution in [0.25, 0.3) is 22.0 Å². The van der Waals surface area contributed by atoms with E-state index in [1.807, 2.05) is 4.90 Å². The predicted octanol–water partition coefficient (Wildman–Crippen LogP) is 4.54. The Balaban J connectivity index is 1.79. The molecule has 156 valence electrons. The van der Waals surface area contributed by atoms with Crippen LogP contribution in [-0.2, 0) is 4.79 Å². The molecule has 0 N–H and O–H groups in total. The van der Waals surface area contributed by atoms with Gasteiger partial charge < -0.3 is 9.80 Å². The summed E-state index contributed by atoms with van der Waals surface area (Å²) in [6.07, 6.45) is 2.76. The van der Waals surface area contributed by atoms with Crippen molar-refractivity contribution in [1.82, 2.24) is 9.88 Å². The lowest BCUT2D eigenvalue weighted by molar-refractivity contribution is -0.126. The van der Waals surface area contributed by atoms with Gasteiger partial charge >= 0.3 is 0 Å². The van der Waals surface area contributed by atoms with Crippen LogP contribution in [0.3, 0.4) is 0 Å². The molecule has 1 aromatic heterocycles. The maximum atomic E-state index is 14.3. The number of hydrogen-bond acceptors (Lipinski definition) is 4. The van der Waals surface area contributed by atoms with E-state index in [1.165, 1.54) is 24.4 Å². The zero-order valence-electron chi connectivity index (χ0n) is 16.4. The molecule has 0 atom stereocenters. The normalized spacial score (nSPS) is 13.9. The molecule has 8 heteroatoms. The highest BCUT2D eigenvalue weighted by molar-refractivity contribution is 6.34. The fraction of sp³-hybridized carbons (Fsp3) is 0.174. The molecule has 0 bridgehead atoms. The number of nitrogens with zero attached hydrogens (tertiary/aromatic N) is 4. The van der Waals surface area contributed by atoms with Crippen LogP contribution in [0.4, 0.5) is 14.5 Å². The largest absolute Gasteiger partial charge is 0.366 e. The van der Waals surface area contributed by atoms with Gasteiger partial charge in [-0.25, -0.2) is 8.78 Å². The average molecular weight is 439 g/mol. The summed E-state index contributed by atoms with van der Waals surface area (Å²) in [5.74, 6) is -1.53. The Kier molecular flexibility index (Phi) is 5.57. The summed E-state index contributed by atoms with van der Waals surface area (Å²) >= 11 is 6.49. The number of carbonyl (C=O) groups excluding carboxylic acids is 1. The number of aromatic nitrogens is 1. The first-order chi connectivity index (χ1) is 14.9. The van der Waals surface area contributed by atoms with Crippen LogP contribution in [0.2, 0.25) is 5.02 Å². The summed E-state index contributed by atoms with van der Waals surface area (Å²) in [6.45, 7) is 5.56. The summed E-state index contributed by atoms with van der Waals surface area (Å²) < 4.78 is 27.6. The third kappa shape index (κ3) is 3.82. The van der Waals surface area contributed by atoms with Crippen molar-refractivity contribution in [3.8, 4) is 17.2 Å². The van der Waals surface area contributed by atoms with Crippen LogP contribution in [0.1, 0.15) is 5.56 Å². The molecular formula is C23H17ClF2N4O. The number of pyridine rings is 1. The number of nitriles is 1. The quantitative estimate of drug-likeness (QED) is 0.563. The van der Waals surface area contributed by atoms with Gasteiger partial charge in [0.1, 0.15) is 17.7 Å². The molecule has 5 nitrogen and oxygen atoms in total. The summed E-state index contributed by atoms with van der Waals surface area (Å²) in [5.41, 5.74) is 2.13. The molecule has 0 saturated carbocycles. The second-order valence-electron chi connectivity index (χ2n) is 7.12. The molecule has 1 amide bonds. The van der Waals surface area contributed by atoms with Gasteiger partial charge in [0.2, 0.25) is 5.91 Å². The first kappa shape index (κ1) is 20.8. The van der Waals surface area contributed by atoms with Crippen LogP contribution in [0, 0.1) is 23.0 Å². The molecule has 4 rings (SSSR count). The van der Waals surface area contributed by atoms with E-state index < -0.39 is 11.6 Å². The SMILES string of the molecule is C=CC(=O)N1CCN(c2c(C#N)cnc3cc(-c4ccc(F)cc4F)c(Cl)cc23)CC1. The minimum Gasteiger partial charge on any atom is -0.366 e. The van der Waals surface area contributed by atoms with Crippen molar-refractivity contribution >= 4 is 34.1 Å². The molecule has 0 unspecified atom stereocenters. The van der Waals surface area contributed by atoms with Crippen LogP contribution in [0.15, 0.2) is 49.2 Å². The van der Waals surface area contributed by atoms with Crippen molar-refractivity contribution in [3.63, 3.8) is 0 Å². The zero-order valence-corrected chi connectivity index (χ0v) is 17.2. The third-order valence-electron chi connectivity index (χ3n) is 5.35. The Morgan fingerprint density at radius 3 is 2.55 bits per heavy atom. The molecule has 0 aliphatic carbocycles. The Labute approximate surface area is 182 Å². The molecule has 31 heavy (non-hydrogen) atoms. The van der Waals surface area contributed by atoms with Gasteiger partial charge in [-0.05, 0) is 30.3 Å². The van der Waals surface area contributed by atoms with Crippen molar-refractivity contribution in [2.75, 3.05) is 31.1 Å². The summed E-state index contributed by atoms with van der Waals surface area (Å²) in [5, 5.41) is 10.6. The van der Waals surface area contributed by atoms with Gasteiger partial charge in [-0.15, -0.1) is 0 Å². The van der Waals surface area contributed by atoms with Gasteiger partial charge in [0.05, 0.1) is 16.8 Å². The van der Waals surface area contributed by atoms with E-state index in [-0.39, 0.29) is 16.5 Å². The number of benzene rings is 2. The molecular weight excluding hydrogens is 422 g/mol. The molecule has 0 spiro atoms. The fourth-order valence-corrected chi connectivity index (χ4v) is 4.08. The van der Waals surface area contributed by atoms with E-state index in [2.05, 4.69) is 17.6 Å². The zero-order chi connectivity index (χ0) is 22.1. The molecule has 2 aromatic carbocycles. The van der Waals surface area contributed by atoms with Crippen molar-refractivity contribution < 1.29 is 13.6 Å². The fourth-order valence-electron chi connectivity index (χ4n) is 3.81. The second kappa shape index (κ2) is 8.32. The topological polar surface area (TPSA) is 60.2 Å². The van der Waals surface area contributed by atoms with E-state index in [9.17, 15) is 18.8 Å². The van der Waals surface area contributed by atoms with Crippen LogP contribution in [0.5, 0.6) is 0 Å². The minimum atomic E-state index is -0.724. The molecule has 1 aliphatic heterocycles. The minimum absolute atomic E-state index is 0.131. The smallest absolute Gasteiger partial charge is 0.246 e. The van der Waals surface area contributed by atoms with E-state index in [0.717, 1.165) is 6.07 Å². The lowest BCUT2D eigenvalue weighted by atomic mass is 10.0. The first-order valence-corrected chi connectivity index (χ1v) is 9.94. The Hall–Kier alpha value is -3.50. The molecule has 1 aliphatic rings. The standard InChI is InChI=1S/C23H17ClF2N4O/c1-2-22(31)29-5-7-30(8-6-29)23-14(12-27)13-28-21-11-17(19(24)10-18(21)23)16-4-3-15(25)9-20(16)26/h2-4,9-11,13H,1,5-8H2. The van der Waals surface area contributed by atoms with Crippen LogP contribution < -0.4 is 4.90 Å². The van der Waals surface area contributed by atoms with Gasteiger partial charge in [-0.3, -0.25) is 9.78 Å². The summed E-state index contributed by atoms with van der Waals surface area (Å²) in [4.78, 5) is 19.9. The van der Waals surface area contributed by atoms with Crippen LogP contribution >= 0.6 is 11.6 Å². The highest BCUT2D eigenvalue weighted by atomic mass is 35.5. The lowest BCUT2D eigenvalue weighted by Gasteiger charge is -2.36. The number of hydrogen-bond donors (Lipinski definition) is 0. The van der Waals surface area contributed by atoms with Gasteiger partial charge in [0, 0.05) is 60.0 Å². The average Bonchev–Trinajstić information content (AvgIpc) is 2.78. The summed E-state index contributed by atoms with van der Waals surface area (Å²) in [7, 11) is 0. The Morgan fingerprint density at radius 1 is 1.16 bits per heavy atom. The maximum absolute atomic E-state index is 14.3. The molecule has 0 radical (unpaired) electrons. The van der Waals surface area contributed by atoms with Gasteiger partial charge in [-0.1, -0.05) is 18.2 Å². The number of anilines is 1. The molecule has 3 aromatic rings. The van der Waals surface area contributed by atoms with Gasteiger partial charge in [0.15, 0.2) is 0 Å². The highest BCUT2D eigenvalue weighted by Gasteiger charge is 2.24. The van der Waals surface area contributed by atoms with E-state index >= 15 is 0 Å². The monoisotopic (exact) mass is 438 g/mol.